The van der Waals surface area contributed by atoms with Gasteiger partial charge in [-0.15, -0.1) is 0 Å². The molecular formula is C16H20FNO5. The molecule has 126 valence electrons. The Morgan fingerprint density at radius 1 is 1.39 bits per heavy atom. The van der Waals surface area contributed by atoms with Crippen molar-refractivity contribution in [1.82, 2.24) is 0 Å². The number of anilines is 1. The SMILES string of the molecule is C[C@@H]1C[C@H](OC(=O)c2cc(OC(C)(C)C)c(F)cc2N)C(=O)O1. The molecule has 0 spiro atoms. The van der Waals surface area contributed by atoms with Gasteiger partial charge in [-0.1, -0.05) is 0 Å². The molecule has 1 heterocycles. The Hall–Kier alpha value is -2.31. The summed E-state index contributed by atoms with van der Waals surface area (Å²) in [5.74, 6) is -2.21. The lowest BCUT2D eigenvalue weighted by molar-refractivity contribution is -0.147. The van der Waals surface area contributed by atoms with Gasteiger partial charge < -0.3 is 19.9 Å². The first-order valence-corrected chi connectivity index (χ1v) is 7.26. The van der Waals surface area contributed by atoms with Gasteiger partial charge in [0.2, 0.25) is 6.10 Å². The molecule has 0 amide bonds. The van der Waals surface area contributed by atoms with E-state index in [-0.39, 0.29) is 29.5 Å². The van der Waals surface area contributed by atoms with Crippen LogP contribution in [0.15, 0.2) is 12.1 Å². The molecule has 1 saturated heterocycles. The minimum absolute atomic E-state index is 0.0574. The maximum absolute atomic E-state index is 13.9. The highest BCUT2D eigenvalue weighted by atomic mass is 19.1. The van der Waals surface area contributed by atoms with E-state index in [1.165, 1.54) is 6.07 Å². The van der Waals surface area contributed by atoms with Crippen molar-refractivity contribution >= 4 is 17.6 Å². The van der Waals surface area contributed by atoms with Crippen molar-refractivity contribution in [3.8, 4) is 5.75 Å². The number of carbonyl (C=O) groups is 2. The van der Waals surface area contributed by atoms with Gasteiger partial charge in [0.05, 0.1) is 5.56 Å². The van der Waals surface area contributed by atoms with Crippen LogP contribution in [0.4, 0.5) is 10.1 Å². The number of cyclic esters (lactones) is 1. The van der Waals surface area contributed by atoms with Crippen LogP contribution in [-0.4, -0.2) is 29.7 Å². The Kier molecular flexibility index (Phi) is 4.49. The quantitative estimate of drug-likeness (QED) is 0.678. The van der Waals surface area contributed by atoms with Gasteiger partial charge in [0.15, 0.2) is 11.6 Å². The minimum Gasteiger partial charge on any atom is -0.485 e. The number of hydrogen-bond acceptors (Lipinski definition) is 6. The van der Waals surface area contributed by atoms with E-state index in [9.17, 15) is 14.0 Å². The number of nitrogen functional groups attached to an aromatic ring is 1. The molecule has 0 aliphatic carbocycles. The third-order valence-electron chi connectivity index (χ3n) is 3.12. The molecule has 1 aliphatic rings. The predicted octanol–water partition coefficient (Wildman–Crippen LogP) is 2.45. The number of halogens is 1. The van der Waals surface area contributed by atoms with Crippen LogP contribution in [-0.2, 0) is 14.3 Å². The van der Waals surface area contributed by atoms with E-state index in [1.807, 2.05) is 0 Å². The molecule has 6 nitrogen and oxygen atoms in total. The molecule has 0 radical (unpaired) electrons. The van der Waals surface area contributed by atoms with Crippen molar-refractivity contribution in [2.24, 2.45) is 0 Å². The van der Waals surface area contributed by atoms with E-state index < -0.39 is 29.5 Å². The summed E-state index contributed by atoms with van der Waals surface area (Å²) < 4.78 is 29.4. The number of carbonyl (C=O) groups excluding carboxylic acids is 2. The zero-order valence-corrected chi connectivity index (χ0v) is 13.5. The molecule has 2 atom stereocenters. The second-order valence-corrected chi connectivity index (χ2v) is 6.46. The van der Waals surface area contributed by atoms with Gasteiger partial charge in [-0.2, -0.15) is 0 Å². The highest BCUT2D eigenvalue weighted by Crippen LogP contribution is 2.29. The zero-order chi connectivity index (χ0) is 17.4. The summed E-state index contributed by atoms with van der Waals surface area (Å²) in [7, 11) is 0. The maximum Gasteiger partial charge on any atom is 0.347 e. The van der Waals surface area contributed by atoms with Crippen LogP contribution < -0.4 is 10.5 Å². The normalized spacial score (nSPS) is 21.0. The second-order valence-electron chi connectivity index (χ2n) is 6.46. The first kappa shape index (κ1) is 17.1. The molecule has 1 aromatic carbocycles. The van der Waals surface area contributed by atoms with Gasteiger partial charge in [-0.05, 0) is 33.8 Å². The lowest BCUT2D eigenvalue weighted by atomic mass is 10.1. The first-order chi connectivity index (χ1) is 10.6. The van der Waals surface area contributed by atoms with Crippen molar-refractivity contribution in [2.75, 3.05) is 5.73 Å². The van der Waals surface area contributed by atoms with Crippen LogP contribution in [0, 0.1) is 5.82 Å². The third kappa shape index (κ3) is 4.12. The third-order valence-corrected chi connectivity index (χ3v) is 3.12. The minimum atomic E-state index is -0.978. The topological polar surface area (TPSA) is 87.9 Å². The monoisotopic (exact) mass is 325 g/mol. The van der Waals surface area contributed by atoms with E-state index in [0.29, 0.717) is 0 Å². The summed E-state index contributed by atoms with van der Waals surface area (Å²) in [5.41, 5.74) is 4.88. The standard InChI is InChI=1S/C16H20FNO5/c1-8-5-13(15(20)21-8)22-14(19)9-6-12(23-16(2,3)4)10(17)7-11(9)18/h6-8,13H,5,18H2,1-4H3/t8-,13+/m1/s1. The van der Waals surface area contributed by atoms with Crippen LogP contribution >= 0.6 is 0 Å². The van der Waals surface area contributed by atoms with Gasteiger partial charge in [0.1, 0.15) is 11.7 Å². The Morgan fingerprint density at radius 2 is 2.04 bits per heavy atom. The summed E-state index contributed by atoms with van der Waals surface area (Å²) in [5, 5.41) is 0. The molecule has 0 saturated carbocycles. The highest BCUT2D eigenvalue weighted by molar-refractivity contribution is 5.97. The average Bonchev–Trinajstić information content (AvgIpc) is 2.69. The molecule has 2 N–H and O–H groups in total. The number of benzene rings is 1. The van der Waals surface area contributed by atoms with Gasteiger partial charge in [0.25, 0.3) is 0 Å². The van der Waals surface area contributed by atoms with Gasteiger partial charge in [0, 0.05) is 18.2 Å². The molecule has 0 aromatic heterocycles. The predicted molar refractivity (Wildman–Crippen MR) is 80.6 cm³/mol. The Bertz CT molecular complexity index is 638. The van der Waals surface area contributed by atoms with Crippen molar-refractivity contribution in [3.05, 3.63) is 23.5 Å². The lowest BCUT2D eigenvalue weighted by Crippen LogP contribution is -2.25. The first-order valence-electron chi connectivity index (χ1n) is 7.26. The van der Waals surface area contributed by atoms with E-state index >= 15 is 0 Å². The van der Waals surface area contributed by atoms with Gasteiger partial charge in [-0.25, -0.2) is 14.0 Å². The molecule has 0 unspecified atom stereocenters. The van der Waals surface area contributed by atoms with Crippen LogP contribution in [0.2, 0.25) is 0 Å². The smallest absolute Gasteiger partial charge is 0.347 e. The second kappa shape index (κ2) is 6.06. The summed E-state index contributed by atoms with van der Waals surface area (Å²) in [6.07, 6.45) is -1.02. The van der Waals surface area contributed by atoms with Gasteiger partial charge >= 0.3 is 11.9 Å². The fourth-order valence-corrected chi connectivity index (χ4v) is 2.16. The highest BCUT2D eigenvalue weighted by Gasteiger charge is 2.35. The summed E-state index contributed by atoms with van der Waals surface area (Å²) in [6.45, 7) is 6.94. The van der Waals surface area contributed by atoms with Crippen LogP contribution in [0.5, 0.6) is 5.75 Å². The Morgan fingerprint density at radius 3 is 2.57 bits per heavy atom. The van der Waals surface area contributed by atoms with E-state index in [4.69, 9.17) is 19.9 Å². The number of nitrogens with two attached hydrogens (primary N) is 1. The number of hydrogen-bond donors (Lipinski definition) is 1. The largest absolute Gasteiger partial charge is 0.485 e. The molecule has 2 rings (SSSR count). The van der Waals surface area contributed by atoms with Crippen molar-refractivity contribution in [2.45, 2.75) is 51.9 Å². The molecule has 1 fully saturated rings. The Balaban J connectivity index is 2.23. The Labute approximate surface area is 133 Å². The number of ether oxygens (including phenoxy) is 3. The van der Waals surface area contributed by atoms with Crippen LogP contribution in [0.3, 0.4) is 0 Å². The van der Waals surface area contributed by atoms with Crippen molar-refractivity contribution in [3.63, 3.8) is 0 Å². The van der Waals surface area contributed by atoms with Crippen LogP contribution in [0.1, 0.15) is 44.5 Å². The van der Waals surface area contributed by atoms with Crippen LogP contribution in [0.25, 0.3) is 0 Å². The fraction of sp³-hybridized carbons (Fsp3) is 0.500. The lowest BCUT2D eigenvalue weighted by Gasteiger charge is -2.22. The zero-order valence-electron chi connectivity index (χ0n) is 13.5. The summed E-state index contributed by atoms with van der Waals surface area (Å²) in [6, 6.07) is 2.18. The fourth-order valence-electron chi connectivity index (χ4n) is 2.16. The molecule has 1 aliphatic heterocycles. The summed E-state index contributed by atoms with van der Waals surface area (Å²) in [4.78, 5) is 23.7. The van der Waals surface area contributed by atoms with E-state index in [0.717, 1.165) is 6.07 Å². The number of rotatable bonds is 3. The molecule has 1 aromatic rings. The summed E-state index contributed by atoms with van der Waals surface area (Å²) >= 11 is 0. The average molecular weight is 325 g/mol. The molecule has 0 bridgehead atoms. The maximum atomic E-state index is 13.9. The molecular weight excluding hydrogens is 305 g/mol. The van der Waals surface area contributed by atoms with E-state index in [1.54, 1.807) is 27.7 Å². The van der Waals surface area contributed by atoms with Gasteiger partial charge in [-0.3, -0.25) is 0 Å². The van der Waals surface area contributed by atoms with Crippen molar-refractivity contribution in [1.29, 1.82) is 0 Å². The molecule has 23 heavy (non-hydrogen) atoms. The molecule has 7 heteroatoms. The van der Waals surface area contributed by atoms with Crippen molar-refractivity contribution < 1.29 is 28.2 Å². The number of esters is 2. The van der Waals surface area contributed by atoms with E-state index in [2.05, 4.69) is 0 Å².